The fraction of sp³-hybridized carbons (Fsp3) is 0.321. The third-order valence-corrected chi connectivity index (χ3v) is 6.02. The molecule has 0 saturated carbocycles. The Balaban J connectivity index is 1.68. The van der Waals surface area contributed by atoms with Gasteiger partial charge in [0.15, 0.2) is 0 Å². The van der Waals surface area contributed by atoms with Crippen molar-refractivity contribution in [1.82, 2.24) is 14.5 Å². The van der Waals surface area contributed by atoms with Crippen LogP contribution in [0.1, 0.15) is 43.9 Å². The van der Waals surface area contributed by atoms with Crippen LogP contribution in [-0.2, 0) is 16.1 Å². The van der Waals surface area contributed by atoms with E-state index in [0.717, 1.165) is 12.0 Å². The fourth-order valence-electron chi connectivity index (χ4n) is 4.30. The molecule has 1 atom stereocenters. The van der Waals surface area contributed by atoms with Gasteiger partial charge in [-0.2, -0.15) is 0 Å². The van der Waals surface area contributed by atoms with Gasteiger partial charge in [-0.1, -0.05) is 19.1 Å². The number of aliphatic hydroxyl groups excluding tert-OH is 1. The molecule has 1 amide bonds. The number of ketones is 1. The summed E-state index contributed by atoms with van der Waals surface area (Å²) in [5.74, 6) is -0.145. The number of likely N-dealkylation sites (tertiary alicyclic amines) is 1. The highest BCUT2D eigenvalue weighted by molar-refractivity contribution is 6.46. The van der Waals surface area contributed by atoms with E-state index in [0.29, 0.717) is 49.8 Å². The molecule has 0 bridgehead atoms. The van der Waals surface area contributed by atoms with E-state index in [1.54, 1.807) is 41.7 Å². The van der Waals surface area contributed by atoms with Crippen molar-refractivity contribution in [2.24, 2.45) is 0 Å². The third kappa shape index (κ3) is 5.43. The molecular weight excluding hydrogens is 458 g/mol. The Hall–Kier alpha value is -4.07. The number of aryl methyl sites for hydroxylation is 1. The summed E-state index contributed by atoms with van der Waals surface area (Å²) in [6, 6.07) is 13.5. The zero-order chi connectivity index (χ0) is 25.5. The van der Waals surface area contributed by atoms with Gasteiger partial charge in [0.2, 0.25) is 0 Å². The van der Waals surface area contributed by atoms with Crippen LogP contribution >= 0.6 is 0 Å². The van der Waals surface area contributed by atoms with Crippen LogP contribution in [0.2, 0.25) is 0 Å². The molecule has 2 aromatic carbocycles. The Bertz CT molecular complexity index is 1200. The second kappa shape index (κ2) is 11.6. The molecular formula is C28H31N3O5. The number of benzene rings is 2. The Kier molecular flexibility index (Phi) is 8.05. The van der Waals surface area contributed by atoms with Gasteiger partial charge in [-0.25, -0.2) is 4.98 Å². The van der Waals surface area contributed by atoms with Gasteiger partial charge in [-0.05, 0) is 61.7 Å². The highest BCUT2D eigenvalue weighted by atomic mass is 16.5. The van der Waals surface area contributed by atoms with Crippen LogP contribution in [0.15, 0.2) is 72.8 Å². The number of rotatable bonds is 11. The summed E-state index contributed by atoms with van der Waals surface area (Å²) in [4.78, 5) is 31.9. The Morgan fingerprint density at radius 2 is 1.67 bits per heavy atom. The molecule has 1 fully saturated rings. The standard InChI is InChI=1S/C28H31N3O5/c1-3-18-36-23-12-8-21(9-13-23)26(32)24-25(20-6-10-22(11-7-20)35-4-2)31(28(34)27(24)33)16-5-15-30-17-14-29-19-30/h6-14,17,19,25,32H,3-5,15-16,18H2,1-2H3. The molecule has 8 nitrogen and oxygen atoms in total. The van der Waals surface area contributed by atoms with E-state index >= 15 is 0 Å². The van der Waals surface area contributed by atoms with Crippen LogP contribution in [0.5, 0.6) is 11.5 Å². The monoisotopic (exact) mass is 489 g/mol. The Labute approximate surface area is 210 Å². The second-order valence-corrected chi connectivity index (χ2v) is 8.52. The van der Waals surface area contributed by atoms with Crippen LogP contribution in [0.4, 0.5) is 0 Å². The SMILES string of the molecule is CCCOc1ccc(C(O)=C2C(=O)C(=O)N(CCCn3ccnc3)C2c2ccc(OCC)cc2)cc1. The van der Waals surface area contributed by atoms with Crippen molar-refractivity contribution in [2.45, 2.75) is 39.3 Å². The van der Waals surface area contributed by atoms with E-state index < -0.39 is 17.7 Å². The molecule has 3 aromatic rings. The topological polar surface area (TPSA) is 93.9 Å². The first kappa shape index (κ1) is 25.0. The van der Waals surface area contributed by atoms with E-state index in [9.17, 15) is 14.7 Å². The maximum atomic E-state index is 13.2. The molecule has 0 spiro atoms. The first-order chi connectivity index (χ1) is 17.5. The number of aromatic nitrogens is 2. The summed E-state index contributed by atoms with van der Waals surface area (Å²) in [7, 11) is 0. The van der Waals surface area contributed by atoms with Gasteiger partial charge in [-0.3, -0.25) is 9.59 Å². The average Bonchev–Trinajstić information content (AvgIpc) is 3.50. The van der Waals surface area contributed by atoms with Crippen molar-refractivity contribution in [3.05, 3.63) is 84.0 Å². The van der Waals surface area contributed by atoms with Crippen molar-refractivity contribution in [3.63, 3.8) is 0 Å². The van der Waals surface area contributed by atoms with E-state index in [-0.39, 0.29) is 11.3 Å². The number of amides is 1. The quantitative estimate of drug-likeness (QED) is 0.241. The maximum absolute atomic E-state index is 13.2. The smallest absolute Gasteiger partial charge is 0.295 e. The molecule has 2 heterocycles. The molecule has 1 N–H and O–H groups in total. The molecule has 36 heavy (non-hydrogen) atoms. The molecule has 4 rings (SSSR count). The fourth-order valence-corrected chi connectivity index (χ4v) is 4.30. The van der Waals surface area contributed by atoms with Crippen molar-refractivity contribution < 1.29 is 24.2 Å². The number of aliphatic hydroxyl groups is 1. The number of hydrogen-bond donors (Lipinski definition) is 1. The second-order valence-electron chi connectivity index (χ2n) is 8.52. The molecule has 188 valence electrons. The van der Waals surface area contributed by atoms with E-state index in [2.05, 4.69) is 4.98 Å². The van der Waals surface area contributed by atoms with Crippen LogP contribution in [-0.4, -0.2) is 51.0 Å². The molecule has 1 unspecified atom stereocenters. The highest BCUT2D eigenvalue weighted by Crippen LogP contribution is 2.40. The van der Waals surface area contributed by atoms with Crippen molar-refractivity contribution in [2.75, 3.05) is 19.8 Å². The van der Waals surface area contributed by atoms with Crippen LogP contribution in [0.3, 0.4) is 0 Å². The van der Waals surface area contributed by atoms with E-state index in [1.807, 2.05) is 48.9 Å². The lowest BCUT2D eigenvalue weighted by Gasteiger charge is -2.25. The molecule has 1 aliphatic heterocycles. The summed E-state index contributed by atoms with van der Waals surface area (Å²) in [5, 5.41) is 11.2. The Morgan fingerprint density at radius 3 is 2.31 bits per heavy atom. The summed E-state index contributed by atoms with van der Waals surface area (Å²) in [6.07, 6.45) is 6.77. The predicted molar refractivity (Wildman–Crippen MR) is 136 cm³/mol. The lowest BCUT2D eigenvalue weighted by atomic mass is 9.95. The number of imidazole rings is 1. The minimum Gasteiger partial charge on any atom is -0.507 e. The van der Waals surface area contributed by atoms with Gasteiger partial charge >= 0.3 is 0 Å². The first-order valence-electron chi connectivity index (χ1n) is 12.2. The van der Waals surface area contributed by atoms with Crippen LogP contribution in [0.25, 0.3) is 5.76 Å². The molecule has 0 radical (unpaired) electrons. The number of ether oxygens (including phenoxy) is 2. The predicted octanol–water partition coefficient (Wildman–Crippen LogP) is 4.58. The number of carbonyl (C=O) groups excluding carboxylic acids is 2. The van der Waals surface area contributed by atoms with Crippen LogP contribution < -0.4 is 9.47 Å². The van der Waals surface area contributed by atoms with Gasteiger partial charge in [0.25, 0.3) is 11.7 Å². The summed E-state index contributed by atoms with van der Waals surface area (Å²) in [5.41, 5.74) is 1.25. The zero-order valence-electron chi connectivity index (χ0n) is 20.6. The zero-order valence-corrected chi connectivity index (χ0v) is 20.6. The molecule has 1 aromatic heterocycles. The third-order valence-electron chi connectivity index (χ3n) is 6.02. The Morgan fingerprint density at radius 1 is 0.972 bits per heavy atom. The van der Waals surface area contributed by atoms with Crippen molar-refractivity contribution in [1.29, 1.82) is 0 Å². The lowest BCUT2D eigenvalue weighted by Crippen LogP contribution is -2.31. The molecule has 1 saturated heterocycles. The van der Waals surface area contributed by atoms with Gasteiger partial charge in [-0.15, -0.1) is 0 Å². The number of Topliss-reactive ketones (excluding diaryl/α,β-unsaturated/α-hetero) is 1. The van der Waals surface area contributed by atoms with Gasteiger partial charge in [0.1, 0.15) is 17.3 Å². The first-order valence-corrected chi connectivity index (χ1v) is 12.2. The number of carbonyl (C=O) groups is 2. The van der Waals surface area contributed by atoms with Crippen molar-refractivity contribution >= 4 is 17.4 Å². The minimum atomic E-state index is -0.709. The normalized spacial score (nSPS) is 16.9. The van der Waals surface area contributed by atoms with Gasteiger partial charge < -0.3 is 24.0 Å². The number of hydrogen-bond acceptors (Lipinski definition) is 6. The largest absolute Gasteiger partial charge is 0.507 e. The van der Waals surface area contributed by atoms with E-state index in [4.69, 9.17) is 9.47 Å². The number of nitrogens with zero attached hydrogens (tertiary/aromatic N) is 3. The molecule has 8 heteroatoms. The minimum absolute atomic E-state index is 0.0778. The van der Waals surface area contributed by atoms with E-state index in [1.165, 1.54) is 0 Å². The highest BCUT2D eigenvalue weighted by Gasteiger charge is 2.45. The summed E-state index contributed by atoms with van der Waals surface area (Å²) < 4.78 is 13.1. The lowest BCUT2D eigenvalue weighted by molar-refractivity contribution is -0.139. The summed E-state index contributed by atoms with van der Waals surface area (Å²) >= 11 is 0. The summed E-state index contributed by atoms with van der Waals surface area (Å²) in [6.45, 7) is 6.05. The maximum Gasteiger partial charge on any atom is 0.295 e. The molecule has 1 aliphatic rings. The van der Waals surface area contributed by atoms with Gasteiger partial charge in [0.05, 0.1) is 31.2 Å². The van der Waals surface area contributed by atoms with Crippen molar-refractivity contribution in [3.8, 4) is 11.5 Å². The molecule has 0 aliphatic carbocycles. The van der Waals surface area contributed by atoms with Crippen LogP contribution in [0, 0.1) is 0 Å². The van der Waals surface area contributed by atoms with Gasteiger partial charge in [0, 0.05) is 31.0 Å². The average molecular weight is 490 g/mol.